The van der Waals surface area contributed by atoms with Crippen LogP contribution in [0.3, 0.4) is 0 Å². The molecule has 3 N–H and O–H groups in total. The minimum absolute atomic E-state index is 0.0340. The summed E-state index contributed by atoms with van der Waals surface area (Å²) in [5.41, 5.74) is 2.46. The third-order valence-corrected chi connectivity index (χ3v) is 4.63. The van der Waals surface area contributed by atoms with Gasteiger partial charge in [-0.05, 0) is 23.9 Å². The maximum atomic E-state index is 12.1. The van der Waals surface area contributed by atoms with Crippen LogP contribution >= 0.6 is 22.7 Å². The predicted octanol–water partition coefficient (Wildman–Crippen LogP) is 3.81. The zero-order valence-electron chi connectivity index (χ0n) is 8.75. The van der Waals surface area contributed by atoms with Gasteiger partial charge in [0.15, 0.2) is 0 Å². The van der Waals surface area contributed by atoms with Gasteiger partial charge < -0.3 is 0 Å². The standard InChI is InChI=1S/C10H11F3N2S2/c11-10(12,13)3-1-6(15-14)8-5-9-7(17-8)2-4-16-9/h2,4-6,15H,1,3,14H2. The van der Waals surface area contributed by atoms with Crippen molar-refractivity contribution in [1.29, 1.82) is 0 Å². The maximum absolute atomic E-state index is 12.1. The van der Waals surface area contributed by atoms with Gasteiger partial charge >= 0.3 is 6.18 Å². The van der Waals surface area contributed by atoms with E-state index in [0.717, 1.165) is 14.3 Å². The third kappa shape index (κ3) is 3.19. The number of rotatable bonds is 4. The molecule has 0 bridgehead atoms. The third-order valence-electron chi connectivity index (χ3n) is 2.42. The van der Waals surface area contributed by atoms with Gasteiger partial charge in [-0.15, -0.1) is 22.7 Å². The average molecular weight is 280 g/mol. The fraction of sp³-hybridized carbons (Fsp3) is 0.400. The summed E-state index contributed by atoms with van der Waals surface area (Å²) in [6.45, 7) is 0. The van der Waals surface area contributed by atoms with Gasteiger partial charge in [-0.2, -0.15) is 13.2 Å². The maximum Gasteiger partial charge on any atom is 0.389 e. The van der Waals surface area contributed by atoms with Crippen LogP contribution in [-0.2, 0) is 0 Å². The summed E-state index contributed by atoms with van der Waals surface area (Å²) < 4.78 is 38.6. The number of hydrogen-bond acceptors (Lipinski definition) is 4. The molecule has 0 aliphatic rings. The lowest BCUT2D eigenvalue weighted by Gasteiger charge is -2.15. The van der Waals surface area contributed by atoms with Crippen LogP contribution in [0.4, 0.5) is 13.2 Å². The molecule has 0 aromatic carbocycles. The zero-order chi connectivity index (χ0) is 12.5. The predicted molar refractivity (Wildman–Crippen MR) is 65.1 cm³/mol. The van der Waals surface area contributed by atoms with E-state index in [1.165, 1.54) is 11.3 Å². The van der Waals surface area contributed by atoms with E-state index in [4.69, 9.17) is 5.84 Å². The normalized spacial score (nSPS) is 14.4. The summed E-state index contributed by atoms with van der Waals surface area (Å²) in [6.07, 6.45) is -5.00. The highest BCUT2D eigenvalue weighted by molar-refractivity contribution is 7.26. The SMILES string of the molecule is NNC(CCC(F)(F)F)c1cc2sccc2s1. The molecule has 2 heterocycles. The van der Waals surface area contributed by atoms with Crippen molar-refractivity contribution in [2.75, 3.05) is 0 Å². The Morgan fingerprint density at radius 2 is 2.12 bits per heavy atom. The zero-order valence-corrected chi connectivity index (χ0v) is 10.4. The van der Waals surface area contributed by atoms with Gasteiger partial charge in [-0.25, -0.2) is 0 Å². The smallest absolute Gasteiger partial charge is 0.271 e. The van der Waals surface area contributed by atoms with Gasteiger partial charge in [0.1, 0.15) is 0 Å². The molecule has 17 heavy (non-hydrogen) atoms. The van der Waals surface area contributed by atoms with E-state index in [0.29, 0.717) is 0 Å². The van der Waals surface area contributed by atoms with Crippen LogP contribution in [0.2, 0.25) is 0 Å². The molecule has 2 rings (SSSR count). The fourth-order valence-corrected chi connectivity index (χ4v) is 3.79. The van der Waals surface area contributed by atoms with E-state index in [9.17, 15) is 13.2 Å². The number of halogens is 3. The fourth-order valence-electron chi connectivity index (χ4n) is 1.57. The summed E-state index contributed by atoms with van der Waals surface area (Å²) in [5.74, 6) is 5.32. The van der Waals surface area contributed by atoms with Crippen molar-refractivity contribution in [2.24, 2.45) is 5.84 Å². The van der Waals surface area contributed by atoms with Crippen LogP contribution in [0.5, 0.6) is 0 Å². The van der Waals surface area contributed by atoms with E-state index in [1.54, 1.807) is 11.3 Å². The topological polar surface area (TPSA) is 38.0 Å². The van der Waals surface area contributed by atoms with E-state index in [-0.39, 0.29) is 6.42 Å². The molecule has 7 heteroatoms. The Morgan fingerprint density at radius 1 is 1.35 bits per heavy atom. The molecule has 0 saturated heterocycles. The van der Waals surface area contributed by atoms with Gasteiger partial charge in [-0.1, -0.05) is 0 Å². The second-order valence-electron chi connectivity index (χ2n) is 3.67. The highest BCUT2D eigenvalue weighted by atomic mass is 32.1. The van der Waals surface area contributed by atoms with E-state index in [2.05, 4.69) is 5.43 Å². The first-order valence-electron chi connectivity index (χ1n) is 4.99. The molecule has 0 aliphatic heterocycles. The first kappa shape index (κ1) is 12.8. The van der Waals surface area contributed by atoms with E-state index >= 15 is 0 Å². The monoisotopic (exact) mass is 280 g/mol. The summed E-state index contributed by atoms with van der Waals surface area (Å²) in [5, 5.41) is 1.96. The van der Waals surface area contributed by atoms with Gasteiger partial charge in [0.05, 0.1) is 6.04 Å². The lowest BCUT2D eigenvalue weighted by molar-refractivity contribution is -0.136. The van der Waals surface area contributed by atoms with Crippen molar-refractivity contribution in [3.63, 3.8) is 0 Å². The lowest BCUT2D eigenvalue weighted by Crippen LogP contribution is -2.28. The molecule has 1 unspecified atom stereocenters. The highest BCUT2D eigenvalue weighted by Gasteiger charge is 2.29. The molecule has 2 nitrogen and oxygen atoms in total. The molecule has 2 aromatic rings. The summed E-state index contributed by atoms with van der Waals surface area (Å²) in [4.78, 5) is 0.860. The van der Waals surface area contributed by atoms with Crippen molar-refractivity contribution in [3.8, 4) is 0 Å². The number of alkyl halides is 3. The lowest BCUT2D eigenvalue weighted by atomic mass is 10.1. The molecule has 2 aromatic heterocycles. The Labute approximate surface area is 104 Å². The molecule has 0 amide bonds. The van der Waals surface area contributed by atoms with Crippen molar-refractivity contribution in [1.82, 2.24) is 5.43 Å². The van der Waals surface area contributed by atoms with Gasteiger partial charge in [0, 0.05) is 20.7 Å². The van der Waals surface area contributed by atoms with Crippen LogP contribution in [0.1, 0.15) is 23.8 Å². The Balaban J connectivity index is 2.10. The Morgan fingerprint density at radius 3 is 2.71 bits per heavy atom. The quantitative estimate of drug-likeness (QED) is 0.660. The molecule has 0 fully saturated rings. The Hall–Kier alpha value is -0.630. The number of fused-ring (bicyclic) bond motifs is 1. The Kier molecular flexibility index (Phi) is 3.72. The molecule has 0 aliphatic carbocycles. The average Bonchev–Trinajstić information content (AvgIpc) is 2.76. The van der Waals surface area contributed by atoms with Gasteiger partial charge in [0.25, 0.3) is 0 Å². The van der Waals surface area contributed by atoms with E-state index < -0.39 is 18.6 Å². The molecule has 0 radical (unpaired) electrons. The summed E-state index contributed by atoms with van der Waals surface area (Å²) in [7, 11) is 0. The Bertz CT molecular complexity index is 460. The van der Waals surface area contributed by atoms with Crippen molar-refractivity contribution >= 4 is 32.1 Å². The van der Waals surface area contributed by atoms with Gasteiger partial charge in [-0.3, -0.25) is 11.3 Å². The largest absolute Gasteiger partial charge is 0.389 e. The highest BCUT2D eigenvalue weighted by Crippen LogP contribution is 2.36. The van der Waals surface area contributed by atoms with Crippen LogP contribution in [0.25, 0.3) is 9.40 Å². The molecular formula is C10H11F3N2S2. The number of hydrogen-bond donors (Lipinski definition) is 2. The first-order valence-corrected chi connectivity index (χ1v) is 6.69. The van der Waals surface area contributed by atoms with Gasteiger partial charge in [0.2, 0.25) is 0 Å². The van der Waals surface area contributed by atoms with E-state index in [1.807, 2.05) is 17.5 Å². The van der Waals surface area contributed by atoms with Crippen LogP contribution in [-0.4, -0.2) is 6.18 Å². The number of hydrazine groups is 1. The second kappa shape index (κ2) is 4.93. The molecule has 0 spiro atoms. The number of nitrogens with one attached hydrogen (secondary N) is 1. The summed E-state index contributed by atoms with van der Waals surface area (Å²) >= 11 is 3.07. The molecule has 94 valence electrons. The first-order chi connectivity index (χ1) is 7.99. The van der Waals surface area contributed by atoms with Crippen LogP contribution in [0, 0.1) is 0 Å². The molecule has 1 atom stereocenters. The summed E-state index contributed by atoms with van der Waals surface area (Å²) in [6, 6.07) is 3.44. The van der Waals surface area contributed by atoms with Crippen molar-refractivity contribution in [3.05, 3.63) is 22.4 Å². The minimum atomic E-state index is -4.14. The van der Waals surface area contributed by atoms with Crippen LogP contribution in [0.15, 0.2) is 17.5 Å². The number of nitrogens with two attached hydrogens (primary N) is 1. The van der Waals surface area contributed by atoms with Crippen molar-refractivity contribution < 1.29 is 13.2 Å². The molecule has 0 saturated carbocycles. The van der Waals surface area contributed by atoms with Crippen LogP contribution < -0.4 is 11.3 Å². The second-order valence-corrected chi connectivity index (χ2v) is 5.73. The number of thiophene rings is 2. The molecular weight excluding hydrogens is 269 g/mol. The minimum Gasteiger partial charge on any atom is -0.271 e. The van der Waals surface area contributed by atoms with Crippen molar-refractivity contribution in [2.45, 2.75) is 25.1 Å².